The number of carbonyl (C=O) groups excluding carboxylic acids is 1. The van der Waals surface area contributed by atoms with Gasteiger partial charge in [-0.1, -0.05) is 0 Å². The summed E-state index contributed by atoms with van der Waals surface area (Å²) >= 11 is 0. The normalized spacial score (nSPS) is 9.41. The number of nitrogens with two attached hydrogens (primary N) is 1. The van der Waals surface area contributed by atoms with Crippen molar-refractivity contribution in [2.45, 2.75) is 6.42 Å². The van der Waals surface area contributed by atoms with Gasteiger partial charge in [0.25, 0.3) is 5.69 Å². The van der Waals surface area contributed by atoms with Crippen LogP contribution < -0.4 is 5.73 Å². The number of nitrogen functional groups attached to an aromatic ring is 1. The third-order valence-electron chi connectivity index (χ3n) is 2.20. The number of hydrogen-bond acceptors (Lipinski definition) is 6. The van der Waals surface area contributed by atoms with Gasteiger partial charge in [0.05, 0.1) is 30.1 Å². The molecule has 1 aromatic rings. The molecule has 0 spiro atoms. The Labute approximate surface area is 96.6 Å². The lowest BCUT2D eigenvalue weighted by Gasteiger charge is -2.06. The van der Waals surface area contributed by atoms with Crippen LogP contribution in [-0.2, 0) is 16.0 Å². The maximum atomic E-state index is 11.1. The number of rotatable bonds is 3. The van der Waals surface area contributed by atoms with Gasteiger partial charge in [-0.2, -0.15) is 5.26 Å². The molecule has 0 aliphatic carbocycles. The number of nitro groups is 1. The fourth-order valence-corrected chi connectivity index (χ4v) is 1.32. The predicted molar refractivity (Wildman–Crippen MR) is 57.9 cm³/mol. The van der Waals surface area contributed by atoms with Gasteiger partial charge in [0.2, 0.25) is 0 Å². The van der Waals surface area contributed by atoms with Gasteiger partial charge in [-0.15, -0.1) is 0 Å². The summed E-state index contributed by atoms with van der Waals surface area (Å²) in [4.78, 5) is 21.1. The minimum Gasteiger partial charge on any atom is -0.469 e. The Morgan fingerprint density at radius 1 is 1.65 bits per heavy atom. The number of nitriles is 1. The number of methoxy groups -OCH3 is 1. The van der Waals surface area contributed by atoms with Gasteiger partial charge in [-0.3, -0.25) is 14.9 Å². The lowest BCUT2D eigenvalue weighted by Crippen LogP contribution is -2.10. The van der Waals surface area contributed by atoms with Gasteiger partial charge >= 0.3 is 5.97 Å². The SMILES string of the molecule is COC(=O)Cc1c(C#N)ccc([N+](=O)[O-])c1N. The zero-order valence-electron chi connectivity index (χ0n) is 8.97. The molecule has 0 atom stereocenters. The fourth-order valence-electron chi connectivity index (χ4n) is 1.32. The van der Waals surface area contributed by atoms with Crippen molar-refractivity contribution < 1.29 is 14.5 Å². The number of nitrogens with zero attached hydrogens (tertiary/aromatic N) is 2. The number of anilines is 1. The van der Waals surface area contributed by atoms with E-state index in [0.29, 0.717) is 0 Å². The first kappa shape index (κ1) is 12.4. The fraction of sp³-hybridized carbons (Fsp3) is 0.200. The van der Waals surface area contributed by atoms with E-state index in [9.17, 15) is 14.9 Å². The molecule has 1 rings (SSSR count). The molecule has 88 valence electrons. The highest BCUT2D eigenvalue weighted by molar-refractivity contribution is 5.79. The summed E-state index contributed by atoms with van der Waals surface area (Å²) in [5.41, 5.74) is 5.29. The lowest BCUT2D eigenvalue weighted by molar-refractivity contribution is -0.383. The molecule has 0 radical (unpaired) electrons. The van der Waals surface area contributed by atoms with E-state index < -0.39 is 10.9 Å². The standard InChI is InChI=1S/C10H9N3O4/c1-17-9(14)4-7-6(5-11)2-3-8(10(7)12)13(15)16/h2-3H,4,12H2,1H3. The molecule has 0 heterocycles. The maximum Gasteiger partial charge on any atom is 0.310 e. The number of ether oxygens (including phenoxy) is 1. The van der Waals surface area contributed by atoms with Crippen LogP contribution in [0.5, 0.6) is 0 Å². The Kier molecular flexibility index (Phi) is 3.62. The van der Waals surface area contributed by atoms with Crippen LogP contribution >= 0.6 is 0 Å². The van der Waals surface area contributed by atoms with Crippen LogP contribution in [0.3, 0.4) is 0 Å². The van der Waals surface area contributed by atoms with Crippen LogP contribution in [0.15, 0.2) is 12.1 Å². The molecule has 0 saturated heterocycles. The molecule has 0 amide bonds. The molecule has 0 unspecified atom stereocenters. The molecule has 7 heteroatoms. The van der Waals surface area contributed by atoms with E-state index in [0.717, 1.165) is 6.07 Å². The van der Waals surface area contributed by atoms with Gasteiger partial charge in [-0.25, -0.2) is 0 Å². The highest BCUT2D eigenvalue weighted by Gasteiger charge is 2.20. The van der Waals surface area contributed by atoms with Crippen molar-refractivity contribution in [1.82, 2.24) is 0 Å². The molecular weight excluding hydrogens is 226 g/mol. The van der Waals surface area contributed by atoms with Gasteiger partial charge < -0.3 is 10.5 Å². The van der Waals surface area contributed by atoms with E-state index in [-0.39, 0.29) is 28.9 Å². The summed E-state index contributed by atoms with van der Waals surface area (Å²) < 4.78 is 4.44. The molecule has 1 aromatic carbocycles. The van der Waals surface area contributed by atoms with E-state index >= 15 is 0 Å². The number of nitro benzene ring substituents is 1. The summed E-state index contributed by atoms with van der Waals surface area (Å²) in [6, 6.07) is 4.21. The maximum absolute atomic E-state index is 11.1. The van der Waals surface area contributed by atoms with Crippen LogP contribution in [-0.4, -0.2) is 18.0 Å². The molecule has 0 aromatic heterocycles. The Morgan fingerprint density at radius 3 is 2.76 bits per heavy atom. The molecule has 2 N–H and O–H groups in total. The quantitative estimate of drug-likeness (QED) is 0.357. The minimum absolute atomic E-state index is 0.119. The first-order valence-corrected chi connectivity index (χ1v) is 4.54. The Balaban J connectivity index is 3.33. The van der Waals surface area contributed by atoms with E-state index in [2.05, 4.69) is 4.74 Å². The number of hydrogen-bond donors (Lipinski definition) is 1. The Bertz CT molecular complexity index is 519. The average molecular weight is 235 g/mol. The summed E-state index contributed by atoms with van der Waals surface area (Å²) in [7, 11) is 1.18. The van der Waals surface area contributed by atoms with Crippen molar-refractivity contribution in [2.24, 2.45) is 0 Å². The molecular formula is C10H9N3O4. The van der Waals surface area contributed by atoms with Crippen LogP contribution in [0.2, 0.25) is 0 Å². The van der Waals surface area contributed by atoms with Crippen LogP contribution in [0.25, 0.3) is 0 Å². The summed E-state index contributed by atoms with van der Waals surface area (Å²) in [5.74, 6) is -0.617. The highest BCUT2D eigenvalue weighted by Crippen LogP contribution is 2.28. The van der Waals surface area contributed by atoms with Gasteiger partial charge in [0.15, 0.2) is 0 Å². The Morgan fingerprint density at radius 2 is 2.29 bits per heavy atom. The van der Waals surface area contributed by atoms with Crippen molar-refractivity contribution in [2.75, 3.05) is 12.8 Å². The van der Waals surface area contributed by atoms with Crippen LogP contribution in [0, 0.1) is 21.4 Å². The molecule has 0 aliphatic rings. The Hall–Kier alpha value is -2.62. The van der Waals surface area contributed by atoms with Crippen LogP contribution in [0.4, 0.5) is 11.4 Å². The molecule has 0 bridgehead atoms. The van der Waals surface area contributed by atoms with Crippen molar-refractivity contribution >= 4 is 17.3 Å². The third-order valence-corrected chi connectivity index (χ3v) is 2.20. The zero-order valence-corrected chi connectivity index (χ0v) is 8.97. The number of benzene rings is 1. The van der Waals surface area contributed by atoms with E-state index in [4.69, 9.17) is 11.0 Å². The zero-order chi connectivity index (χ0) is 13.0. The summed E-state index contributed by atoms with van der Waals surface area (Å²) in [6.45, 7) is 0. The molecule has 17 heavy (non-hydrogen) atoms. The second-order valence-electron chi connectivity index (χ2n) is 3.15. The van der Waals surface area contributed by atoms with Crippen molar-refractivity contribution in [3.8, 4) is 6.07 Å². The number of esters is 1. The predicted octanol–water partition coefficient (Wildman–Crippen LogP) is 0.764. The summed E-state index contributed by atoms with van der Waals surface area (Å²) in [6.07, 6.45) is -0.271. The van der Waals surface area contributed by atoms with Gasteiger partial charge in [-0.05, 0) is 6.07 Å². The smallest absolute Gasteiger partial charge is 0.310 e. The monoisotopic (exact) mass is 235 g/mol. The third kappa shape index (κ3) is 2.49. The van der Waals surface area contributed by atoms with Crippen molar-refractivity contribution in [3.63, 3.8) is 0 Å². The minimum atomic E-state index is -0.669. The molecule has 0 aliphatic heterocycles. The van der Waals surface area contributed by atoms with Crippen molar-refractivity contribution in [3.05, 3.63) is 33.4 Å². The number of carbonyl (C=O) groups is 1. The second-order valence-corrected chi connectivity index (χ2v) is 3.15. The first-order chi connectivity index (χ1) is 8.01. The van der Waals surface area contributed by atoms with Gasteiger partial charge in [0, 0.05) is 11.6 Å². The first-order valence-electron chi connectivity index (χ1n) is 4.54. The molecule has 0 fully saturated rings. The van der Waals surface area contributed by atoms with Crippen LogP contribution in [0.1, 0.15) is 11.1 Å². The van der Waals surface area contributed by atoms with E-state index in [1.54, 1.807) is 0 Å². The average Bonchev–Trinajstić information content (AvgIpc) is 2.30. The van der Waals surface area contributed by atoms with E-state index in [1.165, 1.54) is 13.2 Å². The second kappa shape index (κ2) is 4.94. The van der Waals surface area contributed by atoms with Crippen molar-refractivity contribution in [1.29, 1.82) is 5.26 Å². The molecule has 0 saturated carbocycles. The topological polar surface area (TPSA) is 119 Å². The molecule has 7 nitrogen and oxygen atoms in total. The lowest BCUT2D eigenvalue weighted by atomic mass is 10.0. The summed E-state index contributed by atoms with van der Waals surface area (Å²) in [5, 5.41) is 19.5. The van der Waals surface area contributed by atoms with Gasteiger partial charge in [0.1, 0.15) is 5.69 Å². The highest BCUT2D eigenvalue weighted by atomic mass is 16.6. The largest absolute Gasteiger partial charge is 0.469 e. The van der Waals surface area contributed by atoms with E-state index in [1.807, 2.05) is 6.07 Å².